The van der Waals surface area contributed by atoms with E-state index in [0.29, 0.717) is 0 Å². The molecule has 3 N–H and O–H groups in total. The molecule has 0 fully saturated rings. The molecule has 0 rings (SSSR count). The second kappa shape index (κ2) is 6.21. The van der Waals surface area contributed by atoms with Gasteiger partial charge in [-0.3, -0.25) is 0 Å². The largest absolute Gasteiger partial charge is 0.348 e. The second-order valence-electron chi connectivity index (χ2n) is 2.99. The summed E-state index contributed by atoms with van der Waals surface area (Å²) >= 11 is 0. The van der Waals surface area contributed by atoms with Gasteiger partial charge in [-0.2, -0.15) is 0 Å². The first-order chi connectivity index (χ1) is 7.75. The number of quaternary nitrogens is 1. The van der Waals surface area contributed by atoms with Gasteiger partial charge in [-0.25, -0.2) is 0 Å². The minimum absolute atomic E-state index is 0.748. The highest BCUT2D eigenvalue weighted by atomic mass is 17.0. The maximum atomic E-state index is 9.93. The summed E-state index contributed by atoms with van der Waals surface area (Å²) in [6.07, 6.45) is 0. The van der Waals surface area contributed by atoms with Crippen LogP contribution in [0.4, 0.5) is 0 Å². The van der Waals surface area contributed by atoms with E-state index in [1.807, 2.05) is 0 Å². The zero-order chi connectivity index (χ0) is 13.5. The molecule has 0 aromatic carbocycles. The Bertz CT molecular complexity index is 260. The summed E-state index contributed by atoms with van der Waals surface area (Å²) in [5.41, 5.74) is 1.65. The Morgan fingerprint density at radius 3 is 1.24 bits per heavy atom. The third-order valence-corrected chi connectivity index (χ3v) is 1.43. The molecule has 0 saturated heterocycles. The number of rotatable bonds is 9. The van der Waals surface area contributed by atoms with Crippen LogP contribution >= 0.6 is 0 Å². The van der Waals surface area contributed by atoms with E-state index in [0.717, 1.165) is 0 Å². The second-order valence-corrected chi connectivity index (χ2v) is 2.99. The Labute approximate surface area is 92.3 Å². The molecule has 98 valence electrons. The maximum absolute atomic E-state index is 9.93. The van der Waals surface area contributed by atoms with E-state index in [-0.39, 0.29) is 0 Å². The minimum atomic E-state index is -1.65. The Morgan fingerprint density at radius 1 is 0.824 bits per heavy atom. The summed E-state index contributed by atoms with van der Waals surface area (Å²) in [5, 5.41) is 26.3. The summed E-state index contributed by atoms with van der Waals surface area (Å²) in [7, 11) is 0. The Hall–Kier alpha value is -2.44. The molecule has 13 heteroatoms. The topological polar surface area (TPSA) is 185 Å². The van der Waals surface area contributed by atoms with Gasteiger partial charge in [0, 0.05) is 0 Å². The van der Waals surface area contributed by atoms with Crippen LogP contribution in [0.5, 0.6) is 0 Å². The van der Waals surface area contributed by atoms with Crippen molar-refractivity contribution in [3.05, 3.63) is 30.3 Å². The monoisotopic (exact) mass is 257 g/mol. The molecule has 0 spiro atoms. The molecule has 0 heterocycles. The molecule has 0 aliphatic heterocycles. The predicted molar refractivity (Wildman–Crippen MR) is 44.5 cm³/mol. The third-order valence-electron chi connectivity index (χ3n) is 1.43. The molecule has 0 aromatic rings. The lowest BCUT2D eigenvalue weighted by atomic mass is 10.1. The molecule has 0 unspecified atom stereocenters. The Kier molecular flexibility index (Phi) is 5.32. The average molecular weight is 257 g/mol. The summed E-state index contributed by atoms with van der Waals surface area (Å²) in [6.45, 7) is -2.24. The highest BCUT2D eigenvalue weighted by molar-refractivity contribution is 4.73. The molecule has 13 nitrogen and oxygen atoms in total. The van der Waals surface area contributed by atoms with Gasteiger partial charge in [-0.1, -0.05) is 0 Å². The quantitative estimate of drug-likeness (QED) is 0.346. The summed E-state index contributed by atoms with van der Waals surface area (Å²) in [6, 6.07) is 0. The Morgan fingerprint density at radius 2 is 1.06 bits per heavy atom. The molecule has 0 aliphatic rings. The fourth-order valence-electron chi connectivity index (χ4n) is 0.694. The number of hydrogen-bond acceptors (Lipinski definition) is 9. The van der Waals surface area contributed by atoms with Crippen molar-refractivity contribution in [2.75, 3.05) is 19.8 Å². The van der Waals surface area contributed by atoms with Gasteiger partial charge in [0.25, 0.3) is 15.3 Å². The van der Waals surface area contributed by atoms with Gasteiger partial charge in [-0.05, 0) is 0 Å². The molecule has 0 aliphatic carbocycles. The fraction of sp³-hybridized carbons (Fsp3) is 1.00. The van der Waals surface area contributed by atoms with Crippen LogP contribution in [-0.4, -0.2) is 40.6 Å². The van der Waals surface area contributed by atoms with Gasteiger partial charge in [-0.15, -0.1) is 30.3 Å². The summed E-state index contributed by atoms with van der Waals surface area (Å²) in [5.74, 6) is 0. The minimum Gasteiger partial charge on any atom is -0.348 e. The molecule has 0 radical (unpaired) electrons. The van der Waals surface area contributed by atoms with Crippen LogP contribution in [0.2, 0.25) is 0 Å². The third kappa shape index (κ3) is 7.48. The van der Waals surface area contributed by atoms with Gasteiger partial charge in [0.2, 0.25) is 0 Å². The smallest absolute Gasteiger partial charge is 0.294 e. The zero-order valence-electron chi connectivity index (χ0n) is 8.34. The van der Waals surface area contributed by atoms with E-state index in [9.17, 15) is 30.3 Å². The lowest BCUT2D eigenvalue weighted by Crippen LogP contribution is -2.79. The summed E-state index contributed by atoms with van der Waals surface area (Å²) in [4.78, 5) is 41.6. The van der Waals surface area contributed by atoms with Crippen LogP contribution in [0.15, 0.2) is 0 Å². The van der Waals surface area contributed by atoms with E-state index in [1.54, 1.807) is 0 Å². The first-order valence-electron chi connectivity index (χ1n) is 3.92. The van der Waals surface area contributed by atoms with E-state index < -0.39 is 40.6 Å². The molecule has 0 aromatic heterocycles. The van der Waals surface area contributed by atoms with Gasteiger partial charge in [0.1, 0.15) is 0 Å². The first kappa shape index (κ1) is 14.6. The van der Waals surface area contributed by atoms with E-state index in [1.165, 1.54) is 0 Å². The number of nitrogens with zero attached hydrogens (tertiary/aromatic N) is 3. The van der Waals surface area contributed by atoms with Gasteiger partial charge >= 0.3 is 0 Å². The zero-order valence-corrected chi connectivity index (χ0v) is 8.34. The molecule has 0 amide bonds. The van der Waals surface area contributed by atoms with Crippen LogP contribution in [0.25, 0.3) is 0 Å². The van der Waals surface area contributed by atoms with Crippen LogP contribution in [-0.2, 0) is 14.5 Å². The molecule has 0 saturated carbocycles. The molecular weight excluding hydrogens is 248 g/mol. The van der Waals surface area contributed by atoms with Gasteiger partial charge < -0.3 is 20.2 Å². The van der Waals surface area contributed by atoms with Crippen molar-refractivity contribution in [1.82, 2.24) is 0 Å². The normalized spacial score (nSPS) is 10.4. The van der Waals surface area contributed by atoms with Crippen LogP contribution < -0.4 is 5.73 Å². The van der Waals surface area contributed by atoms with Crippen LogP contribution in [0.3, 0.4) is 0 Å². The predicted octanol–water partition coefficient (Wildman–Crippen LogP) is -2.41. The highest BCUT2D eigenvalue weighted by Crippen LogP contribution is 2.02. The standard InChI is InChI=1S/C4H8N4O9/c5-4(1-15-6(9)10,2-16-7(11)12)3-17-8(13)14/h1-3,5H2/p+1. The highest BCUT2D eigenvalue weighted by Gasteiger charge is 2.34. The van der Waals surface area contributed by atoms with Crippen molar-refractivity contribution >= 4 is 0 Å². The Balaban J connectivity index is 4.37. The average Bonchev–Trinajstić information content (AvgIpc) is 2.21. The van der Waals surface area contributed by atoms with Crippen LogP contribution in [0, 0.1) is 30.3 Å². The van der Waals surface area contributed by atoms with E-state index >= 15 is 0 Å². The molecule has 0 atom stereocenters. The summed E-state index contributed by atoms with van der Waals surface area (Å²) < 4.78 is 0. The lowest BCUT2D eigenvalue weighted by molar-refractivity contribution is -0.796. The lowest BCUT2D eigenvalue weighted by Gasteiger charge is -2.21. The fourth-order valence-corrected chi connectivity index (χ4v) is 0.694. The number of hydrogen-bond donors (Lipinski definition) is 1. The van der Waals surface area contributed by atoms with Crippen molar-refractivity contribution < 1.29 is 35.5 Å². The van der Waals surface area contributed by atoms with E-state index in [2.05, 4.69) is 20.2 Å². The van der Waals surface area contributed by atoms with Crippen molar-refractivity contribution in [1.29, 1.82) is 0 Å². The maximum Gasteiger partial charge on any atom is 0.294 e. The van der Waals surface area contributed by atoms with Crippen molar-refractivity contribution in [2.45, 2.75) is 5.54 Å². The van der Waals surface area contributed by atoms with Crippen molar-refractivity contribution in [3.63, 3.8) is 0 Å². The molecular formula is C4H9N4O9+. The first-order valence-corrected chi connectivity index (χ1v) is 3.92. The van der Waals surface area contributed by atoms with E-state index in [4.69, 9.17) is 0 Å². The molecule has 17 heavy (non-hydrogen) atoms. The van der Waals surface area contributed by atoms with Crippen molar-refractivity contribution in [3.8, 4) is 0 Å². The SMILES string of the molecule is [NH3+]C(CO[N+](=O)[O-])(CO[N+](=O)[O-])CO[N+](=O)[O-]. The van der Waals surface area contributed by atoms with Crippen molar-refractivity contribution in [2.24, 2.45) is 0 Å². The van der Waals surface area contributed by atoms with Gasteiger partial charge in [0.05, 0.1) is 0 Å². The van der Waals surface area contributed by atoms with Gasteiger partial charge in [0.15, 0.2) is 25.4 Å². The van der Waals surface area contributed by atoms with Crippen LogP contribution in [0.1, 0.15) is 0 Å². The molecule has 0 bridgehead atoms.